The van der Waals surface area contributed by atoms with E-state index in [1.807, 2.05) is 11.9 Å². The van der Waals surface area contributed by atoms with Crippen molar-refractivity contribution >= 4 is 21.5 Å². The average Bonchev–Trinajstić information content (AvgIpc) is 3.10. The van der Waals surface area contributed by atoms with Crippen LogP contribution in [0.4, 0.5) is 20.3 Å². The summed E-state index contributed by atoms with van der Waals surface area (Å²) < 4.78 is 54.8. The Labute approximate surface area is 151 Å². The van der Waals surface area contributed by atoms with E-state index < -0.39 is 26.7 Å². The molecule has 0 saturated carbocycles. The Hall–Kier alpha value is -2.26. The molecule has 1 fully saturated rings. The summed E-state index contributed by atoms with van der Waals surface area (Å²) in [5, 5.41) is 3.25. The van der Waals surface area contributed by atoms with Gasteiger partial charge in [-0.3, -0.25) is 4.72 Å². The van der Waals surface area contributed by atoms with Gasteiger partial charge >= 0.3 is 0 Å². The van der Waals surface area contributed by atoms with Crippen LogP contribution in [-0.2, 0) is 10.0 Å². The van der Waals surface area contributed by atoms with E-state index in [-0.39, 0.29) is 11.9 Å². The number of hydrogen-bond acceptors (Lipinski definition) is 5. The summed E-state index contributed by atoms with van der Waals surface area (Å²) in [4.78, 5) is 4.90. The van der Waals surface area contributed by atoms with Crippen LogP contribution in [0.5, 0.6) is 0 Å². The lowest BCUT2D eigenvalue weighted by Gasteiger charge is -2.28. The molecule has 1 atom stereocenters. The van der Waals surface area contributed by atoms with Crippen molar-refractivity contribution in [1.29, 1.82) is 0 Å². The first-order chi connectivity index (χ1) is 12.3. The van der Waals surface area contributed by atoms with E-state index in [1.165, 1.54) is 24.3 Å². The van der Waals surface area contributed by atoms with Crippen LogP contribution in [-0.4, -0.2) is 39.6 Å². The Kier molecular flexibility index (Phi) is 5.10. The van der Waals surface area contributed by atoms with Gasteiger partial charge in [-0.15, -0.1) is 0 Å². The van der Waals surface area contributed by atoms with Crippen molar-refractivity contribution in [3.8, 4) is 0 Å². The molecular formula is C17H20F2N4O2S. The lowest BCUT2D eigenvalue weighted by atomic mass is 10.1. The highest BCUT2D eigenvalue weighted by Crippen LogP contribution is 2.29. The van der Waals surface area contributed by atoms with Crippen molar-refractivity contribution in [2.24, 2.45) is 0 Å². The average molecular weight is 382 g/mol. The lowest BCUT2D eigenvalue weighted by molar-refractivity contribution is 0.567. The molecule has 1 aliphatic rings. The minimum atomic E-state index is -4.23. The molecule has 2 N–H and O–H groups in total. The second-order valence-electron chi connectivity index (χ2n) is 6.28. The van der Waals surface area contributed by atoms with E-state index in [9.17, 15) is 17.2 Å². The third kappa shape index (κ3) is 3.78. The molecule has 1 unspecified atom stereocenters. The number of aryl methyl sites for hydroxylation is 1. The molecule has 1 aromatic carbocycles. The second kappa shape index (κ2) is 7.16. The molecule has 140 valence electrons. The molecule has 3 rings (SSSR count). The summed E-state index contributed by atoms with van der Waals surface area (Å²) >= 11 is 0. The van der Waals surface area contributed by atoms with Crippen LogP contribution < -0.4 is 14.9 Å². The Morgan fingerprint density at radius 3 is 2.73 bits per heavy atom. The number of pyridine rings is 1. The predicted octanol–water partition coefficient (Wildman–Crippen LogP) is 2.27. The molecule has 26 heavy (non-hydrogen) atoms. The van der Waals surface area contributed by atoms with E-state index in [2.05, 4.69) is 15.0 Å². The Balaban J connectivity index is 1.91. The quantitative estimate of drug-likeness (QED) is 0.776. The zero-order valence-electron chi connectivity index (χ0n) is 14.5. The first-order valence-electron chi connectivity index (χ1n) is 8.17. The number of rotatable bonds is 5. The molecule has 1 aromatic heterocycles. The Bertz CT molecular complexity index is 915. The van der Waals surface area contributed by atoms with Gasteiger partial charge in [0.05, 0.1) is 0 Å². The number of halogens is 2. The zero-order valence-corrected chi connectivity index (χ0v) is 15.3. The summed E-state index contributed by atoms with van der Waals surface area (Å²) in [5.41, 5.74) is 1.27. The fraction of sp³-hybridized carbons (Fsp3) is 0.353. The molecule has 6 nitrogen and oxygen atoms in total. The lowest BCUT2D eigenvalue weighted by Crippen LogP contribution is -2.34. The molecule has 0 spiro atoms. The van der Waals surface area contributed by atoms with Crippen molar-refractivity contribution in [1.82, 2.24) is 10.3 Å². The van der Waals surface area contributed by atoms with E-state index in [0.29, 0.717) is 11.3 Å². The molecule has 2 heterocycles. The standard InChI is InChI=1S/C17H20F2N4O2S/c1-11-8-15(26(24,25)22-17-5-3-4-16(19)21-17)13(18)9-14(11)23(2)12-6-7-20-10-12/h3-5,8-9,12,20H,6-7,10H2,1-2H3,(H,21,22). The molecule has 0 bridgehead atoms. The Morgan fingerprint density at radius 1 is 1.31 bits per heavy atom. The van der Waals surface area contributed by atoms with E-state index >= 15 is 0 Å². The monoisotopic (exact) mass is 382 g/mol. The number of hydrogen-bond donors (Lipinski definition) is 2. The van der Waals surface area contributed by atoms with Gasteiger partial charge in [-0.25, -0.2) is 17.8 Å². The minimum Gasteiger partial charge on any atom is -0.370 e. The first-order valence-corrected chi connectivity index (χ1v) is 9.65. The van der Waals surface area contributed by atoms with Gasteiger partial charge in [0.15, 0.2) is 0 Å². The highest BCUT2D eigenvalue weighted by molar-refractivity contribution is 7.92. The summed E-state index contributed by atoms with van der Waals surface area (Å²) in [5.74, 6) is -1.91. The molecule has 0 amide bonds. The highest BCUT2D eigenvalue weighted by Gasteiger charge is 2.25. The number of sulfonamides is 1. The SMILES string of the molecule is Cc1cc(S(=O)(=O)Nc2cccc(F)n2)c(F)cc1N(C)C1CCNC1. The van der Waals surface area contributed by atoms with Gasteiger partial charge in [-0.05, 0) is 49.7 Å². The fourth-order valence-corrected chi connectivity index (χ4v) is 4.20. The van der Waals surface area contributed by atoms with Gasteiger partial charge in [-0.2, -0.15) is 4.39 Å². The topological polar surface area (TPSA) is 74.3 Å². The van der Waals surface area contributed by atoms with Gasteiger partial charge in [0.1, 0.15) is 16.5 Å². The summed E-state index contributed by atoms with van der Waals surface area (Å²) in [6.45, 7) is 3.42. The van der Waals surface area contributed by atoms with E-state index in [1.54, 1.807) is 6.92 Å². The molecule has 2 aromatic rings. The predicted molar refractivity (Wildman–Crippen MR) is 95.8 cm³/mol. The van der Waals surface area contributed by atoms with Crippen LogP contribution in [0.25, 0.3) is 0 Å². The van der Waals surface area contributed by atoms with E-state index in [0.717, 1.165) is 25.6 Å². The van der Waals surface area contributed by atoms with Crippen LogP contribution >= 0.6 is 0 Å². The molecule has 1 aliphatic heterocycles. The first kappa shape index (κ1) is 18.5. The number of benzene rings is 1. The number of nitrogens with one attached hydrogen (secondary N) is 2. The molecule has 9 heteroatoms. The third-order valence-electron chi connectivity index (χ3n) is 4.46. The van der Waals surface area contributed by atoms with Crippen molar-refractivity contribution in [3.05, 3.63) is 47.7 Å². The van der Waals surface area contributed by atoms with Crippen molar-refractivity contribution < 1.29 is 17.2 Å². The zero-order chi connectivity index (χ0) is 18.9. The number of likely N-dealkylation sites (N-methyl/N-ethyl adjacent to an activating group) is 1. The maximum absolute atomic E-state index is 14.6. The van der Waals surface area contributed by atoms with Crippen molar-refractivity contribution in [3.63, 3.8) is 0 Å². The maximum atomic E-state index is 14.6. The van der Waals surface area contributed by atoms with Crippen LogP contribution in [0.1, 0.15) is 12.0 Å². The number of nitrogens with zero attached hydrogens (tertiary/aromatic N) is 2. The van der Waals surface area contributed by atoms with Gasteiger partial charge < -0.3 is 10.2 Å². The van der Waals surface area contributed by atoms with Gasteiger partial charge in [-0.1, -0.05) is 6.07 Å². The van der Waals surface area contributed by atoms with Crippen molar-refractivity contribution in [2.45, 2.75) is 24.3 Å². The van der Waals surface area contributed by atoms with E-state index in [4.69, 9.17) is 0 Å². The molecule has 1 saturated heterocycles. The van der Waals surface area contributed by atoms with Crippen LogP contribution in [0.2, 0.25) is 0 Å². The van der Waals surface area contributed by atoms with Gasteiger partial charge in [0.25, 0.3) is 10.0 Å². The fourth-order valence-electron chi connectivity index (χ4n) is 3.05. The summed E-state index contributed by atoms with van der Waals surface area (Å²) in [7, 11) is -2.37. The summed E-state index contributed by atoms with van der Waals surface area (Å²) in [6.07, 6.45) is 0.935. The molecule has 0 aliphatic carbocycles. The smallest absolute Gasteiger partial charge is 0.265 e. The normalized spacial score (nSPS) is 17.3. The minimum absolute atomic E-state index is 0.208. The van der Waals surface area contributed by atoms with Gasteiger partial charge in [0.2, 0.25) is 5.95 Å². The van der Waals surface area contributed by atoms with Crippen LogP contribution in [0, 0.1) is 18.7 Å². The highest BCUT2D eigenvalue weighted by atomic mass is 32.2. The molecule has 0 radical (unpaired) electrons. The Morgan fingerprint density at radius 2 is 2.08 bits per heavy atom. The summed E-state index contributed by atoms with van der Waals surface area (Å²) in [6, 6.07) is 6.43. The number of anilines is 2. The molecular weight excluding hydrogens is 362 g/mol. The van der Waals surface area contributed by atoms with Gasteiger partial charge in [0, 0.05) is 25.3 Å². The maximum Gasteiger partial charge on any atom is 0.265 e. The van der Waals surface area contributed by atoms with Crippen molar-refractivity contribution in [2.75, 3.05) is 29.8 Å². The van der Waals surface area contributed by atoms with Crippen LogP contribution in [0.15, 0.2) is 35.2 Å². The largest absolute Gasteiger partial charge is 0.370 e. The van der Waals surface area contributed by atoms with Crippen LogP contribution in [0.3, 0.4) is 0 Å². The third-order valence-corrected chi connectivity index (χ3v) is 5.83. The number of aromatic nitrogens is 1. The second-order valence-corrected chi connectivity index (χ2v) is 7.93.